The summed E-state index contributed by atoms with van der Waals surface area (Å²) in [6.45, 7) is 0. The molecule has 0 atom stereocenters. The van der Waals surface area contributed by atoms with Gasteiger partial charge in [0.1, 0.15) is 0 Å². The summed E-state index contributed by atoms with van der Waals surface area (Å²) in [5.74, 6) is 0. The van der Waals surface area contributed by atoms with Crippen LogP contribution in [-0.4, -0.2) is 19.2 Å². The van der Waals surface area contributed by atoms with Crippen molar-refractivity contribution in [1.29, 1.82) is 0 Å². The van der Waals surface area contributed by atoms with Crippen LogP contribution in [0.3, 0.4) is 0 Å². The van der Waals surface area contributed by atoms with Crippen LogP contribution in [0.5, 0.6) is 0 Å². The van der Waals surface area contributed by atoms with Gasteiger partial charge in [0, 0.05) is 0 Å². The SMILES string of the molecule is O=S(=O)(c1ccccc1)C(F)(I)S(=O)(=O)c1ccccc1. The highest BCUT2D eigenvalue weighted by Crippen LogP contribution is 2.42. The average Bonchev–Trinajstić information content (AvgIpc) is 2.48. The number of benzene rings is 2. The Morgan fingerprint density at radius 1 is 0.714 bits per heavy atom. The van der Waals surface area contributed by atoms with E-state index in [9.17, 15) is 21.2 Å². The molecule has 0 spiro atoms. The Kier molecular flexibility index (Phi) is 4.41. The topological polar surface area (TPSA) is 68.3 Å². The number of rotatable bonds is 4. The van der Waals surface area contributed by atoms with Crippen LogP contribution < -0.4 is 0 Å². The zero-order valence-electron chi connectivity index (χ0n) is 10.5. The Hall–Kier alpha value is -1.00. The molecule has 0 saturated heterocycles. The van der Waals surface area contributed by atoms with Gasteiger partial charge in [-0.1, -0.05) is 36.4 Å². The molecule has 2 aromatic rings. The number of halogens is 2. The van der Waals surface area contributed by atoms with E-state index in [4.69, 9.17) is 0 Å². The van der Waals surface area contributed by atoms with Crippen LogP contribution in [0.15, 0.2) is 70.5 Å². The Balaban J connectivity index is 2.62. The van der Waals surface area contributed by atoms with E-state index in [1.54, 1.807) is 12.1 Å². The van der Waals surface area contributed by atoms with E-state index in [1.807, 2.05) is 0 Å². The highest BCUT2D eigenvalue weighted by atomic mass is 127. The molecule has 112 valence electrons. The molecule has 0 bridgehead atoms. The molecule has 0 heterocycles. The van der Waals surface area contributed by atoms with Crippen LogP contribution in [0.25, 0.3) is 0 Å². The molecule has 2 aromatic carbocycles. The first-order chi connectivity index (χ1) is 9.71. The molecule has 0 aliphatic heterocycles. The summed E-state index contributed by atoms with van der Waals surface area (Å²) < 4.78 is 60.6. The molecule has 8 heteroatoms. The Morgan fingerprint density at radius 2 is 1.00 bits per heavy atom. The molecule has 0 saturated carbocycles. The maximum atomic E-state index is 14.8. The van der Waals surface area contributed by atoms with Gasteiger partial charge in [-0.05, 0) is 46.9 Å². The molecule has 0 N–H and O–H groups in total. The summed E-state index contributed by atoms with van der Waals surface area (Å²) in [4.78, 5) is -0.775. The van der Waals surface area contributed by atoms with Gasteiger partial charge < -0.3 is 0 Å². The van der Waals surface area contributed by atoms with Crippen LogP contribution in [0.1, 0.15) is 0 Å². The van der Waals surface area contributed by atoms with Crippen LogP contribution in [-0.2, 0) is 19.7 Å². The zero-order valence-corrected chi connectivity index (χ0v) is 14.3. The Bertz CT molecular complexity index is 761. The smallest absolute Gasteiger partial charge is 0.218 e. The van der Waals surface area contributed by atoms with Crippen LogP contribution in [0.4, 0.5) is 4.39 Å². The minimum Gasteiger partial charge on any atom is -0.218 e. The first-order valence-corrected chi connectivity index (χ1v) is 9.73. The second kappa shape index (κ2) is 5.65. The number of sulfone groups is 2. The summed E-state index contributed by atoms with van der Waals surface area (Å²) in [6, 6.07) is 13.3. The van der Waals surface area contributed by atoms with Crippen molar-refractivity contribution < 1.29 is 21.2 Å². The lowest BCUT2D eigenvalue weighted by Gasteiger charge is -2.19. The fourth-order valence-electron chi connectivity index (χ4n) is 1.62. The van der Waals surface area contributed by atoms with Gasteiger partial charge in [-0.15, -0.1) is 0 Å². The summed E-state index contributed by atoms with van der Waals surface area (Å²) in [5.41, 5.74) is 0. The Morgan fingerprint density at radius 3 is 1.29 bits per heavy atom. The van der Waals surface area contributed by atoms with Crippen molar-refractivity contribution in [2.75, 3.05) is 0 Å². The van der Waals surface area contributed by atoms with Crippen LogP contribution in [0.2, 0.25) is 0 Å². The summed E-state index contributed by atoms with van der Waals surface area (Å²) in [7, 11) is -9.42. The lowest BCUT2D eigenvalue weighted by Crippen LogP contribution is -2.36. The summed E-state index contributed by atoms with van der Waals surface area (Å²) in [6.07, 6.45) is 0. The van der Waals surface area contributed by atoms with E-state index in [-0.39, 0.29) is 9.79 Å². The number of hydrogen-bond donors (Lipinski definition) is 0. The maximum Gasteiger partial charge on any atom is 0.365 e. The van der Waals surface area contributed by atoms with E-state index in [1.165, 1.54) is 24.3 Å². The normalized spacial score (nSPS) is 13.0. The molecule has 4 nitrogen and oxygen atoms in total. The third kappa shape index (κ3) is 2.71. The van der Waals surface area contributed by atoms with Gasteiger partial charge in [0.2, 0.25) is 19.7 Å². The van der Waals surface area contributed by atoms with Crippen molar-refractivity contribution in [2.45, 2.75) is 12.1 Å². The van der Waals surface area contributed by atoms with Crippen molar-refractivity contribution in [2.24, 2.45) is 0 Å². The predicted octanol–water partition coefficient (Wildman–Crippen LogP) is 2.95. The molecule has 0 aromatic heterocycles. The standard InChI is InChI=1S/C13H10FIO4S2/c14-13(15,20(16,17)11-7-3-1-4-8-11)21(18,19)12-9-5-2-6-10-12/h1-10H. The Labute approximate surface area is 136 Å². The fourth-order valence-corrected chi connectivity index (χ4v) is 6.46. The molecule has 0 fully saturated rings. The van der Waals surface area contributed by atoms with Crippen molar-refractivity contribution in [3.05, 3.63) is 60.7 Å². The molecule has 2 rings (SSSR count). The van der Waals surface area contributed by atoms with E-state index < -0.39 is 22.0 Å². The quantitative estimate of drug-likeness (QED) is 0.542. The van der Waals surface area contributed by atoms with Crippen LogP contribution in [0, 0.1) is 0 Å². The van der Waals surface area contributed by atoms with Gasteiger partial charge in [-0.25, -0.2) is 16.8 Å². The van der Waals surface area contributed by atoms with Crippen molar-refractivity contribution in [3.8, 4) is 0 Å². The highest BCUT2D eigenvalue weighted by Gasteiger charge is 2.55. The van der Waals surface area contributed by atoms with E-state index in [0.29, 0.717) is 0 Å². The number of hydrogen-bond acceptors (Lipinski definition) is 4. The second-order valence-electron chi connectivity index (χ2n) is 4.10. The van der Waals surface area contributed by atoms with Crippen molar-refractivity contribution in [1.82, 2.24) is 0 Å². The first-order valence-electron chi connectivity index (χ1n) is 5.68. The molecule has 0 aliphatic carbocycles. The molecule has 0 aliphatic rings. The monoisotopic (exact) mass is 440 g/mol. The molecule has 0 radical (unpaired) electrons. The zero-order chi connectivity index (χ0) is 15.7. The molecule has 0 unspecified atom stereocenters. The minimum absolute atomic E-state index is 0.388. The summed E-state index contributed by atoms with van der Waals surface area (Å²) in [5, 5.41) is 0. The van der Waals surface area contributed by atoms with Gasteiger partial charge in [0.25, 0.3) is 0 Å². The van der Waals surface area contributed by atoms with E-state index >= 15 is 0 Å². The predicted molar refractivity (Wildman–Crippen MR) is 85.1 cm³/mol. The average molecular weight is 440 g/mol. The first kappa shape index (κ1) is 16.4. The van der Waals surface area contributed by atoms with Gasteiger partial charge in [0.15, 0.2) is 0 Å². The lowest BCUT2D eigenvalue weighted by molar-refractivity contribution is 0.465. The van der Waals surface area contributed by atoms with Crippen LogP contribution >= 0.6 is 22.6 Å². The van der Waals surface area contributed by atoms with Gasteiger partial charge >= 0.3 is 2.34 Å². The van der Waals surface area contributed by atoms with E-state index in [2.05, 4.69) is 0 Å². The van der Waals surface area contributed by atoms with Crippen molar-refractivity contribution >= 4 is 42.3 Å². The molecule has 21 heavy (non-hydrogen) atoms. The van der Waals surface area contributed by atoms with Gasteiger partial charge in [0.05, 0.1) is 9.79 Å². The van der Waals surface area contributed by atoms with E-state index in [0.717, 1.165) is 46.9 Å². The minimum atomic E-state index is -4.71. The highest BCUT2D eigenvalue weighted by molar-refractivity contribution is 14.1. The van der Waals surface area contributed by atoms with Gasteiger partial charge in [-0.3, -0.25) is 0 Å². The van der Waals surface area contributed by atoms with Gasteiger partial charge in [-0.2, -0.15) is 4.39 Å². The molecular weight excluding hydrogens is 430 g/mol. The number of alkyl halides is 2. The maximum absolute atomic E-state index is 14.8. The summed E-state index contributed by atoms with van der Waals surface area (Å²) >= 11 is 0.826. The molecular formula is C13H10FIO4S2. The molecule has 0 amide bonds. The van der Waals surface area contributed by atoms with Crippen molar-refractivity contribution in [3.63, 3.8) is 0 Å². The third-order valence-corrected chi connectivity index (χ3v) is 10.6. The lowest BCUT2D eigenvalue weighted by atomic mass is 10.4. The fraction of sp³-hybridized carbons (Fsp3) is 0.0769. The largest absolute Gasteiger partial charge is 0.365 e. The third-order valence-electron chi connectivity index (χ3n) is 2.73. The second-order valence-corrected chi connectivity index (χ2v) is 11.4.